The number of amides is 1. The van der Waals surface area contributed by atoms with E-state index < -0.39 is 13.6 Å². The van der Waals surface area contributed by atoms with Crippen LogP contribution < -0.4 is 38.9 Å². The van der Waals surface area contributed by atoms with Crippen molar-refractivity contribution < 1.29 is 19.1 Å². The molecule has 0 spiro atoms. The van der Waals surface area contributed by atoms with E-state index in [1.807, 2.05) is 0 Å². The van der Waals surface area contributed by atoms with Crippen molar-refractivity contribution in [3.63, 3.8) is 0 Å². The Morgan fingerprint density at radius 1 is 1.45 bits per heavy atom. The van der Waals surface area contributed by atoms with Crippen molar-refractivity contribution >= 4 is 19.5 Å². The molecule has 3 atom stereocenters. The molecular weight excluding hydrogens is 311 g/mol. The minimum atomic E-state index is -4.78. The highest BCUT2D eigenvalue weighted by Gasteiger charge is 2.31. The van der Waals surface area contributed by atoms with Crippen LogP contribution in [0.15, 0.2) is 16.4 Å². The standard InChI is InChI=1S/C11H21N4O4P.2H3N/c1-6(14-7(2)16)9-4-3-8(20(17,18)19)5-10(9)15-11(12)13;;/h3,6,9-10H,4-5H2,1-2H3,(H,14,16)(H4,12,13,15)(H2,17,18,19);2*1H3/t6-,9-,10-;;/m0../s1. The smallest absolute Gasteiger partial charge is 0.217 e. The second kappa shape index (κ2) is 8.86. The lowest BCUT2D eigenvalue weighted by molar-refractivity contribution is -0.310. The summed E-state index contributed by atoms with van der Waals surface area (Å²) in [6, 6.07) is -0.783. The number of rotatable bonds is 4. The number of allylic oxidation sites excluding steroid dienone is 1. The molecule has 1 rings (SSSR count). The average molecular weight is 338 g/mol. The van der Waals surface area contributed by atoms with Crippen molar-refractivity contribution in [1.82, 2.24) is 17.6 Å². The number of aliphatic imine (C=N–C) groups is 1. The van der Waals surface area contributed by atoms with Crippen LogP contribution in [0, 0.1) is 5.92 Å². The third-order valence-corrected chi connectivity index (χ3v) is 4.35. The van der Waals surface area contributed by atoms with E-state index in [1.165, 1.54) is 13.0 Å². The topological polar surface area (TPSA) is 230 Å². The monoisotopic (exact) mass is 338 g/mol. The Kier molecular flexibility index (Phi) is 9.20. The maximum absolute atomic E-state index is 11.1. The van der Waals surface area contributed by atoms with E-state index in [4.69, 9.17) is 11.5 Å². The van der Waals surface area contributed by atoms with E-state index in [0.717, 1.165) is 0 Å². The molecule has 0 aromatic carbocycles. The van der Waals surface area contributed by atoms with Crippen molar-refractivity contribution in [3.05, 3.63) is 11.4 Å². The first-order chi connectivity index (χ1) is 9.11. The number of nitrogens with zero attached hydrogens (tertiary/aromatic N) is 1. The molecule has 0 aromatic heterocycles. The molecule has 130 valence electrons. The number of hydrogen-bond donors (Lipinski definition) is 5. The van der Waals surface area contributed by atoms with Crippen molar-refractivity contribution in [2.24, 2.45) is 22.4 Å². The normalized spacial score (nSPS) is 22.3. The van der Waals surface area contributed by atoms with Gasteiger partial charge >= 0.3 is 0 Å². The second-order valence-corrected chi connectivity index (χ2v) is 6.48. The zero-order valence-electron chi connectivity index (χ0n) is 13.4. The molecule has 0 heterocycles. The van der Waals surface area contributed by atoms with Crippen LogP contribution in [0.5, 0.6) is 0 Å². The van der Waals surface area contributed by atoms with Gasteiger partial charge in [0.25, 0.3) is 0 Å². The third kappa shape index (κ3) is 6.54. The molecule has 22 heavy (non-hydrogen) atoms. The predicted octanol–water partition coefficient (Wildman–Crippen LogP) is -0.887. The van der Waals surface area contributed by atoms with Gasteiger partial charge in [0.15, 0.2) is 5.96 Å². The van der Waals surface area contributed by atoms with Gasteiger partial charge in [0.1, 0.15) is 0 Å². The Hall–Kier alpha value is -1.45. The van der Waals surface area contributed by atoms with Gasteiger partial charge in [0.05, 0.1) is 6.04 Å². The summed E-state index contributed by atoms with van der Waals surface area (Å²) in [7, 11) is -4.78. The molecular formula is C11H27N6O4P. The molecule has 1 amide bonds. The summed E-state index contributed by atoms with van der Waals surface area (Å²) in [5.41, 5.74) is 10.7. The molecule has 0 saturated heterocycles. The van der Waals surface area contributed by atoms with Crippen LogP contribution in [0.2, 0.25) is 0 Å². The number of quaternary nitrogens is 2. The van der Waals surface area contributed by atoms with Crippen molar-refractivity contribution in [3.8, 4) is 0 Å². The van der Waals surface area contributed by atoms with Gasteiger partial charge in [0.2, 0.25) is 5.91 Å². The van der Waals surface area contributed by atoms with Crippen molar-refractivity contribution in [2.45, 2.75) is 38.8 Å². The molecule has 0 bridgehead atoms. The minimum Gasteiger partial charge on any atom is -0.808 e. The van der Waals surface area contributed by atoms with E-state index in [0.29, 0.717) is 6.42 Å². The fraction of sp³-hybridized carbons (Fsp3) is 0.636. The van der Waals surface area contributed by atoms with Crippen LogP contribution >= 0.6 is 7.60 Å². The quantitative estimate of drug-likeness (QED) is 0.247. The minimum absolute atomic E-state index is 0. The van der Waals surface area contributed by atoms with Crippen molar-refractivity contribution in [2.75, 3.05) is 0 Å². The van der Waals surface area contributed by atoms with Crippen LogP contribution in [0.1, 0.15) is 26.7 Å². The van der Waals surface area contributed by atoms with Crippen LogP contribution in [0.4, 0.5) is 0 Å². The molecule has 11 heteroatoms. The molecule has 10 nitrogen and oxygen atoms in total. The number of nitrogens with one attached hydrogen (secondary N) is 1. The number of hydrogen-bond acceptors (Lipinski definition) is 5. The molecule has 1 aliphatic carbocycles. The Morgan fingerprint density at radius 3 is 2.41 bits per heavy atom. The molecule has 0 radical (unpaired) electrons. The van der Waals surface area contributed by atoms with E-state index in [9.17, 15) is 19.1 Å². The summed E-state index contributed by atoms with van der Waals surface area (Å²) < 4.78 is 11.1. The van der Waals surface area contributed by atoms with E-state index in [2.05, 4.69) is 10.3 Å². The summed E-state index contributed by atoms with van der Waals surface area (Å²) in [6.45, 7) is 3.17. The fourth-order valence-corrected chi connectivity index (χ4v) is 3.14. The Morgan fingerprint density at radius 2 is 2.00 bits per heavy atom. The molecule has 13 N–H and O–H groups in total. The molecule has 0 unspecified atom stereocenters. The van der Waals surface area contributed by atoms with Gasteiger partial charge in [-0.3, -0.25) is 4.79 Å². The van der Waals surface area contributed by atoms with Gasteiger partial charge in [-0.1, -0.05) is 6.08 Å². The molecule has 0 aliphatic heterocycles. The predicted molar refractivity (Wildman–Crippen MR) is 83.3 cm³/mol. The van der Waals surface area contributed by atoms with Crippen molar-refractivity contribution in [1.29, 1.82) is 0 Å². The summed E-state index contributed by atoms with van der Waals surface area (Å²) in [6.07, 6.45) is 1.66. The first-order valence-corrected chi connectivity index (χ1v) is 7.73. The lowest BCUT2D eigenvalue weighted by atomic mass is 9.84. The van der Waals surface area contributed by atoms with Gasteiger partial charge in [-0.25, -0.2) is 4.99 Å². The SMILES string of the molecule is CC(=O)N[C@@H](C)[C@@H]1CC=C(P(=O)([O-])[O-])C[C@@H]1N=C(N)N.[NH4+].[NH4+]. The molecule has 0 aromatic rings. The van der Waals surface area contributed by atoms with Crippen LogP contribution in [0.3, 0.4) is 0 Å². The van der Waals surface area contributed by atoms with E-state index >= 15 is 0 Å². The molecule has 0 saturated carbocycles. The summed E-state index contributed by atoms with van der Waals surface area (Å²) in [4.78, 5) is 37.3. The van der Waals surface area contributed by atoms with Gasteiger partial charge in [-0.15, -0.1) is 0 Å². The average Bonchev–Trinajstić information content (AvgIpc) is 2.25. The van der Waals surface area contributed by atoms with Crippen LogP contribution in [-0.4, -0.2) is 24.0 Å². The Balaban J connectivity index is 0. The zero-order valence-corrected chi connectivity index (χ0v) is 14.3. The summed E-state index contributed by atoms with van der Waals surface area (Å²) in [5, 5.41) is 2.54. The van der Waals surface area contributed by atoms with Gasteiger partial charge in [-0.2, -0.15) is 0 Å². The molecule has 0 fully saturated rings. The first-order valence-electron chi connectivity index (χ1n) is 6.18. The molecule has 1 aliphatic rings. The Bertz CT molecular complexity index is 485. The Labute approximate surface area is 129 Å². The lowest BCUT2D eigenvalue weighted by Gasteiger charge is -2.40. The largest absolute Gasteiger partial charge is 0.808 e. The number of nitrogens with two attached hydrogens (primary N) is 2. The summed E-state index contributed by atoms with van der Waals surface area (Å²) in [5.74, 6) is -0.548. The van der Waals surface area contributed by atoms with E-state index in [1.54, 1.807) is 6.92 Å². The van der Waals surface area contributed by atoms with Crippen LogP contribution in [-0.2, 0) is 9.36 Å². The van der Waals surface area contributed by atoms with E-state index in [-0.39, 0.29) is 47.9 Å². The maximum atomic E-state index is 11.1. The summed E-state index contributed by atoms with van der Waals surface area (Å²) >= 11 is 0. The highest BCUT2D eigenvalue weighted by atomic mass is 31.2. The first kappa shape index (κ1) is 22.8. The lowest BCUT2D eigenvalue weighted by Crippen LogP contribution is -2.44. The zero-order chi connectivity index (χ0) is 15.5. The fourth-order valence-electron chi connectivity index (χ4n) is 2.40. The van der Waals surface area contributed by atoms with Crippen LogP contribution in [0.25, 0.3) is 0 Å². The maximum Gasteiger partial charge on any atom is 0.217 e. The number of guanidine groups is 1. The third-order valence-electron chi connectivity index (χ3n) is 3.28. The number of carbonyl (C=O) groups is 1. The highest BCUT2D eigenvalue weighted by Crippen LogP contribution is 2.44. The van der Waals surface area contributed by atoms with Gasteiger partial charge in [0, 0.05) is 18.9 Å². The number of carbonyl (C=O) groups excluding carboxylic acids is 1. The highest BCUT2D eigenvalue weighted by molar-refractivity contribution is 7.53. The second-order valence-electron chi connectivity index (χ2n) is 4.91. The van der Waals surface area contributed by atoms with Gasteiger partial charge in [-0.05, 0) is 32.7 Å². The van der Waals surface area contributed by atoms with Gasteiger partial charge < -0.3 is 43.4 Å².